The van der Waals surface area contributed by atoms with Gasteiger partial charge in [0.1, 0.15) is 6.10 Å². The van der Waals surface area contributed by atoms with Crippen LogP contribution < -0.4 is 0 Å². The summed E-state index contributed by atoms with van der Waals surface area (Å²) in [6.45, 7) is 1.24. The Morgan fingerprint density at radius 1 is 1.04 bits per heavy atom. The molecule has 2 aromatic heterocycles. The minimum Gasteiger partial charge on any atom is -0.365 e. The summed E-state index contributed by atoms with van der Waals surface area (Å²) in [5.41, 5.74) is 2.95. The van der Waals surface area contributed by atoms with Crippen LogP contribution in [0.25, 0.3) is 11.6 Å². The summed E-state index contributed by atoms with van der Waals surface area (Å²) in [6.07, 6.45) is 8.03. The number of imidazole rings is 1. The average Bonchev–Trinajstić information content (AvgIpc) is 3.36. The predicted molar refractivity (Wildman–Crippen MR) is 95.3 cm³/mol. The van der Waals surface area contributed by atoms with Crippen molar-refractivity contribution >= 4 is 0 Å². The minimum absolute atomic E-state index is 0.0474. The van der Waals surface area contributed by atoms with Crippen molar-refractivity contribution in [2.45, 2.75) is 57.3 Å². The Morgan fingerprint density at radius 3 is 2.73 bits per heavy atom. The molecule has 3 aromatic rings. The molecule has 0 saturated heterocycles. The second kappa shape index (κ2) is 6.68. The number of hydrogen-bond acceptors (Lipinski definition) is 5. The lowest BCUT2D eigenvalue weighted by molar-refractivity contribution is 0.00330. The van der Waals surface area contributed by atoms with Gasteiger partial charge in [-0.1, -0.05) is 54.8 Å². The Morgan fingerprint density at radius 2 is 1.88 bits per heavy atom. The molecule has 1 aliphatic carbocycles. The van der Waals surface area contributed by atoms with Crippen molar-refractivity contribution in [2.24, 2.45) is 0 Å². The van der Waals surface area contributed by atoms with Crippen LogP contribution in [0.4, 0.5) is 0 Å². The first kappa shape index (κ1) is 15.8. The van der Waals surface area contributed by atoms with E-state index in [1.54, 1.807) is 0 Å². The van der Waals surface area contributed by atoms with Crippen LogP contribution in [-0.4, -0.2) is 19.7 Å². The van der Waals surface area contributed by atoms with Crippen LogP contribution in [0.2, 0.25) is 0 Å². The first-order chi connectivity index (χ1) is 12.9. The number of nitrogens with zero attached hydrogens (tertiary/aromatic N) is 4. The molecule has 2 aliphatic rings. The van der Waals surface area contributed by atoms with Crippen molar-refractivity contribution < 1.29 is 9.26 Å². The van der Waals surface area contributed by atoms with Crippen LogP contribution >= 0.6 is 0 Å². The van der Waals surface area contributed by atoms with E-state index >= 15 is 0 Å². The zero-order chi connectivity index (χ0) is 17.3. The van der Waals surface area contributed by atoms with Gasteiger partial charge in [0.2, 0.25) is 0 Å². The lowest BCUT2D eigenvalue weighted by Gasteiger charge is -2.25. The summed E-state index contributed by atoms with van der Waals surface area (Å²) in [7, 11) is 0. The highest BCUT2D eigenvalue weighted by Crippen LogP contribution is 2.34. The van der Waals surface area contributed by atoms with Gasteiger partial charge in [0.25, 0.3) is 5.89 Å². The van der Waals surface area contributed by atoms with Crippen molar-refractivity contribution in [3.05, 3.63) is 53.7 Å². The summed E-state index contributed by atoms with van der Waals surface area (Å²) in [5.74, 6) is 1.78. The van der Waals surface area contributed by atoms with Gasteiger partial charge in [-0.25, -0.2) is 4.98 Å². The van der Waals surface area contributed by atoms with E-state index in [1.807, 2.05) is 24.5 Å². The molecule has 1 aromatic carbocycles. The molecule has 0 bridgehead atoms. The molecule has 6 nitrogen and oxygen atoms in total. The molecule has 26 heavy (non-hydrogen) atoms. The SMILES string of the molecule is c1ccc([C@@H]2Cn3cnc(-c4nc(C5CCCCC5)no4)c3CO2)cc1. The maximum Gasteiger partial charge on any atom is 0.278 e. The molecule has 6 heteroatoms. The van der Waals surface area contributed by atoms with E-state index in [0.717, 1.165) is 36.6 Å². The lowest BCUT2D eigenvalue weighted by atomic mass is 9.89. The highest BCUT2D eigenvalue weighted by molar-refractivity contribution is 5.51. The van der Waals surface area contributed by atoms with E-state index < -0.39 is 0 Å². The zero-order valence-corrected chi connectivity index (χ0v) is 14.7. The summed E-state index contributed by atoms with van der Waals surface area (Å²) >= 11 is 0. The Bertz CT molecular complexity index is 880. The average molecular weight is 350 g/mol. The standard InChI is InChI=1S/C20H22N4O2/c1-3-7-14(8-4-1)17-11-24-13-21-18(16(24)12-25-17)20-22-19(23-26-20)15-9-5-2-6-10-15/h1,3-4,7-8,13,15,17H,2,5-6,9-12H2/t17-/m0/s1. The fourth-order valence-corrected chi connectivity index (χ4v) is 4.03. The second-order valence-electron chi connectivity index (χ2n) is 7.20. The molecule has 1 atom stereocenters. The third-order valence-electron chi connectivity index (χ3n) is 5.52. The van der Waals surface area contributed by atoms with Gasteiger partial charge >= 0.3 is 0 Å². The molecule has 0 amide bonds. The molecule has 0 spiro atoms. The van der Waals surface area contributed by atoms with E-state index in [-0.39, 0.29) is 6.10 Å². The van der Waals surface area contributed by atoms with Crippen molar-refractivity contribution in [3.8, 4) is 11.6 Å². The van der Waals surface area contributed by atoms with Crippen LogP contribution in [0.3, 0.4) is 0 Å². The quantitative estimate of drug-likeness (QED) is 0.706. The maximum absolute atomic E-state index is 6.08. The van der Waals surface area contributed by atoms with Gasteiger partial charge in [-0.05, 0) is 18.4 Å². The van der Waals surface area contributed by atoms with Gasteiger partial charge in [-0.2, -0.15) is 4.98 Å². The molecule has 5 rings (SSSR count). The van der Waals surface area contributed by atoms with E-state index in [1.165, 1.54) is 24.8 Å². The minimum atomic E-state index is 0.0474. The van der Waals surface area contributed by atoms with Crippen molar-refractivity contribution in [3.63, 3.8) is 0 Å². The predicted octanol–water partition coefficient (Wildman–Crippen LogP) is 4.25. The summed E-state index contributed by atoms with van der Waals surface area (Å²) < 4.78 is 13.8. The van der Waals surface area contributed by atoms with Gasteiger partial charge in [0, 0.05) is 5.92 Å². The molecule has 0 N–H and O–H groups in total. The highest BCUT2D eigenvalue weighted by Gasteiger charge is 2.27. The van der Waals surface area contributed by atoms with Crippen LogP contribution in [-0.2, 0) is 17.9 Å². The van der Waals surface area contributed by atoms with Gasteiger partial charge in [-0.3, -0.25) is 0 Å². The van der Waals surface area contributed by atoms with E-state index in [4.69, 9.17) is 9.26 Å². The molecule has 3 heterocycles. The smallest absolute Gasteiger partial charge is 0.278 e. The molecule has 1 saturated carbocycles. The van der Waals surface area contributed by atoms with Crippen LogP contribution in [0.1, 0.15) is 61.2 Å². The monoisotopic (exact) mass is 350 g/mol. The number of aromatic nitrogens is 4. The van der Waals surface area contributed by atoms with Crippen molar-refractivity contribution in [1.82, 2.24) is 19.7 Å². The van der Waals surface area contributed by atoms with Crippen LogP contribution in [0.5, 0.6) is 0 Å². The normalized spacial score (nSPS) is 20.8. The molecule has 0 radical (unpaired) electrons. The molecule has 134 valence electrons. The number of ether oxygens (including phenoxy) is 1. The second-order valence-corrected chi connectivity index (χ2v) is 7.20. The maximum atomic E-state index is 6.08. The third kappa shape index (κ3) is 2.84. The van der Waals surface area contributed by atoms with Crippen LogP contribution in [0.15, 0.2) is 41.2 Å². The first-order valence-electron chi connectivity index (χ1n) is 9.43. The Hall–Kier alpha value is -2.47. The number of hydrogen-bond donors (Lipinski definition) is 0. The molecule has 0 unspecified atom stereocenters. The third-order valence-corrected chi connectivity index (χ3v) is 5.52. The Kier molecular flexibility index (Phi) is 4.05. The Labute approximate surface area is 152 Å². The summed E-state index contributed by atoms with van der Waals surface area (Å²) in [6, 6.07) is 10.3. The largest absolute Gasteiger partial charge is 0.365 e. The van der Waals surface area contributed by atoms with Gasteiger partial charge in [0.05, 0.1) is 25.2 Å². The topological polar surface area (TPSA) is 66.0 Å². The first-order valence-corrected chi connectivity index (χ1v) is 9.43. The zero-order valence-electron chi connectivity index (χ0n) is 14.7. The molecule has 1 aliphatic heterocycles. The van der Waals surface area contributed by atoms with Crippen LogP contribution in [0, 0.1) is 0 Å². The van der Waals surface area contributed by atoms with Crippen molar-refractivity contribution in [2.75, 3.05) is 0 Å². The fraction of sp³-hybridized carbons (Fsp3) is 0.450. The highest BCUT2D eigenvalue weighted by atomic mass is 16.5. The van der Waals surface area contributed by atoms with Gasteiger partial charge < -0.3 is 13.8 Å². The molecular weight excluding hydrogens is 328 g/mol. The van der Waals surface area contributed by atoms with Gasteiger partial charge in [0.15, 0.2) is 11.5 Å². The number of rotatable bonds is 3. The summed E-state index contributed by atoms with van der Waals surface area (Å²) in [4.78, 5) is 9.19. The lowest BCUT2D eigenvalue weighted by Crippen LogP contribution is -2.20. The Balaban J connectivity index is 1.38. The van der Waals surface area contributed by atoms with Crippen molar-refractivity contribution in [1.29, 1.82) is 0 Å². The number of benzene rings is 1. The van der Waals surface area contributed by atoms with E-state index in [9.17, 15) is 0 Å². The number of fused-ring (bicyclic) bond motifs is 1. The summed E-state index contributed by atoms with van der Waals surface area (Å²) in [5, 5.41) is 4.23. The van der Waals surface area contributed by atoms with Gasteiger partial charge in [-0.15, -0.1) is 0 Å². The molecule has 1 fully saturated rings. The fourth-order valence-electron chi connectivity index (χ4n) is 4.03. The van der Waals surface area contributed by atoms with E-state index in [0.29, 0.717) is 18.4 Å². The molecular formula is C20H22N4O2. The van der Waals surface area contributed by atoms with E-state index in [2.05, 4.69) is 31.8 Å².